The topological polar surface area (TPSA) is 134 Å². The van der Waals surface area contributed by atoms with E-state index in [1.54, 1.807) is 0 Å². The maximum atomic E-state index is 12.7. The van der Waals surface area contributed by atoms with Gasteiger partial charge >= 0.3 is 19.8 Å². The second-order valence-electron chi connectivity index (χ2n) is 17.0. The Hall–Kier alpha value is -3.85. The molecule has 0 rings (SSSR count). The van der Waals surface area contributed by atoms with Crippen LogP contribution in [0, 0.1) is 0 Å². The molecule has 69 heavy (non-hydrogen) atoms. The molecule has 0 saturated carbocycles. The molecule has 2 atom stereocenters. The van der Waals surface area contributed by atoms with Gasteiger partial charge in [-0.15, -0.1) is 0 Å². The minimum Gasteiger partial charge on any atom is -0.462 e. The van der Waals surface area contributed by atoms with Gasteiger partial charge in [0.05, 0.1) is 13.2 Å². The van der Waals surface area contributed by atoms with Crippen molar-refractivity contribution < 1.29 is 37.6 Å². The molecule has 0 aliphatic carbocycles. The van der Waals surface area contributed by atoms with Crippen LogP contribution in [0.4, 0.5) is 0 Å². The molecule has 0 aliphatic rings. The third kappa shape index (κ3) is 53.4. The molecule has 9 nitrogen and oxygen atoms in total. The Kier molecular flexibility index (Phi) is 50.5. The summed E-state index contributed by atoms with van der Waals surface area (Å²) in [6.45, 7) is 3.43. The van der Waals surface area contributed by atoms with E-state index in [0.717, 1.165) is 109 Å². The molecule has 2 unspecified atom stereocenters. The number of carbonyl (C=O) groups is 2. The van der Waals surface area contributed by atoms with Crippen LogP contribution in [0.25, 0.3) is 0 Å². The van der Waals surface area contributed by atoms with Crippen molar-refractivity contribution >= 4 is 19.8 Å². The third-order valence-electron chi connectivity index (χ3n) is 10.5. The summed E-state index contributed by atoms with van der Waals surface area (Å²) in [6, 6.07) is 0. The van der Waals surface area contributed by atoms with E-state index in [1.807, 2.05) is 0 Å². The van der Waals surface area contributed by atoms with Gasteiger partial charge in [0.2, 0.25) is 0 Å². The number of esters is 2. The molecule has 0 aliphatic heterocycles. The van der Waals surface area contributed by atoms with Crippen molar-refractivity contribution in [3.63, 3.8) is 0 Å². The zero-order valence-corrected chi connectivity index (χ0v) is 44.1. The number of phosphoric ester groups is 1. The molecule has 0 saturated heterocycles. The first-order valence-corrected chi connectivity index (χ1v) is 28.2. The van der Waals surface area contributed by atoms with Gasteiger partial charge in [-0.1, -0.05) is 205 Å². The Balaban J connectivity index is 4.04. The summed E-state index contributed by atoms with van der Waals surface area (Å²) in [4.78, 5) is 35.0. The number of ether oxygens (including phenoxy) is 2. The van der Waals surface area contributed by atoms with Gasteiger partial charge in [-0.3, -0.25) is 18.6 Å². The first-order valence-electron chi connectivity index (χ1n) is 26.7. The van der Waals surface area contributed by atoms with Crippen LogP contribution in [-0.4, -0.2) is 49.3 Å². The number of rotatable bonds is 48. The molecule has 0 aromatic rings. The number of hydrogen-bond acceptors (Lipinski definition) is 8. The van der Waals surface area contributed by atoms with E-state index in [0.29, 0.717) is 12.8 Å². The van der Waals surface area contributed by atoms with E-state index in [9.17, 15) is 19.0 Å². The van der Waals surface area contributed by atoms with Crippen LogP contribution in [0.15, 0.2) is 134 Å². The monoisotopic (exact) mass is 978 g/mol. The summed E-state index contributed by atoms with van der Waals surface area (Å²) in [6.07, 6.45) is 75.1. The standard InChI is InChI=1S/C59H96NO8P/c1-3-5-7-9-11-13-15-17-19-20-21-22-23-24-25-26-27-28-29-30-31-32-33-34-35-36-38-40-42-44-46-48-50-52-59(62)68-57(56-67-69(63,64)66-54-53-60)55-65-58(61)51-49-47-45-43-41-39-37-18-16-14-12-10-8-6-4-2/h5-8,11-14,17-19,21-22,24-25,27-28,30-31,37,41,43,57H,3-4,9-10,15-16,20,23,26,29,32-36,38-40,42,44-56,60H2,1-2H3,(H,63,64)/b7-5-,8-6-,13-11-,14-12-,19-17-,22-21-,25-24-,28-27-,31-30-,37-18-,43-41-. The Morgan fingerprint density at radius 3 is 1.14 bits per heavy atom. The van der Waals surface area contributed by atoms with Crippen LogP contribution < -0.4 is 5.73 Å². The van der Waals surface area contributed by atoms with E-state index >= 15 is 0 Å². The van der Waals surface area contributed by atoms with Gasteiger partial charge in [0.1, 0.15) is 6.61 Å². The summed E-state index contributed by atoms with van der Waals surface area (Å²) >= 11 is 0. The predicted octanol–water partition coefficient (Wildman–Crippen LogP) is 16.6. The highest BCUT2D eigenvalue weighted by atomic mass is 31.2. The lowest BCUT2D eigenvalue weighted by Crippen LogP contribution is -2.29. The smallest absolute Gasteiger partial charge is 0.462 e. The van der Waals surface area contributed by atoms with Crippen molar-refractivity contribution in [2.24, 2.45) is 5.73 Å². The second-order valence-corrected chi connectivity index (χ2v) is 18.4. The van der Waals surface area contributed by atoms with E-state index in [4.69, 9.17) is 24.3 Å². The molecule has 0 radical (unpaired) electrons. The zero-order valence-electron chi connectivity index (χ0n) is 43.2. The molecule has 0 aromatic carbocycles. The summed E-state index contributed by atoms with van der Waals surface area (Å²) in [5, 5.41) is 0. The molecular weight excluding hydrogens is 882 g/mol. The molecule has 0 heterocycles. The minimum atomic E-state index is -4.40. The van der Waals surface area contributed by atoms with Crippen LogP contribution in [0.3, 0.4) is 0 Å². The minimum absolute atomic E-state index is 0.0402. The molecule has 390 valence electrons. The summed E-state index contributed by atoms with van der Waals surface area (Å²) < 4.78 is 32.9. The van der Waals surface area contributed by atoms with Crippen molar-refractivity contribution in [3.05, 3.63) is 134 Å². The van der Waals surface area contributed by atoms with Gasteiger partial charge in [-0.2, -0.15) is 0 Å². The van der Waals surface area contributed by atoms with Gasteiger partial charge < -0.3 is 20.1 Å². The van der Waals surface area contributed by atoms with Gasteiger partial charge in [-0.25, -0.2) is 4.57 Å². The van der Waals surface area contributed by atoms with Crippen LogP contribution in [-0.2, 0) is 32.7 Å². The molecule has 0 bridgehead atoms. The maximum Gasteiger partial charge on any atom is 0.472 e. The van der Waals surface area contributed by atoms with Crippen molar-refractivity contribution in [2.45, 2.75) is 200 Å². The van der Waals surface area contributed by atoms with Gasteiger partial charge in [0.25, 0.3) is 0 Å². The van der Waals surface area contributed by atoms with Crippen molar-refractivity contribution in [2.75, 3.05) is 26.4 Å². The molecular formula is C59H96NO8P. The number of hydrogen-bond donors (Lipinski definition) is 2. The zero-order chi connectivity index (χ0) is 50.2. The normalized spacial score (nSPS) is 14.2. The summed E-state index contributed by atoms with van der Waals surface area (Å²) in [7, 11) is -4.40. The van der Waals surface area contributed by atoms with Crippen molar-refractivity contribution in [1.29, 1.82) is 0 Å². The number of carbonyl (C=O) groups excluding carboxylic acids is 2. The highest BCUT2D eigenvalue weighted by Gasteiger charge is 2.26. The highest BCUT2D eigenvalue weighted by Crippen LogP contribution is 2.43. The van der Waals surface area contributed by atoms with E-state index < -0.39 is 32.5 Å². The average Bonchev–Trinajstić information content (AvgIpc) is 3.34. The lowest BCUT2D eigenvalue weighted by Gasteiger charge is -2.19. The van der Waals surface area contributed by atoms with Crippen LogP contribution in [0.5, 0.6) is 0 Å². The fourth-order valence-electron chi connectivity index (χ4n) is 6.66. The quantitative estimate of drug-likeness (QED) is 0.0264. The highest BCUT2D eigenvalue weighted by molar-refractivity contribution is 7.47. The molecule has 0 aromatic heterocycles. The van der Waals surface area contributed by atoms with Crippen molar-refractivity contribution in [1.82, 2.24) is 0 Å². The number of allylic oxidation sites excluding steroid dienone is 22. The fourth-order valence-corrected chi connectivity index (χ4v) is 7.43. The van der Waals surface area contributed by atoms with Crippen LogP contribution in [0.1, 0.15) is 194 Å². The number of unbranched alkanes of at least 4 members (excludes halogenated alkanes) is 13. The van der Waals surface area contributed by atoms with Crippen molar-refractivity contribution in [3.8, 4) is 0 Å². The predicted molar refractivity (Wildman–Crippen MR) is 293 cm³/mol. The first-order chi connectivity index (χ1) is 33.8. The van der Waals surface area contributed by atoms with E-state index in [1.165, 1.54) is 44.9 Å². The lowest BCUT2D eigenvalue weighted by atomic mass is 10.0. The number of phosphoric acid groups is 1. The van der Waals surface area contributed by atoms with Gasteiger partial charge in [0.15, 0.2) is 6.10 Å². The largest absolute Gasteiger partial charge is 0.472 e. The number of nitrogens with two attached hydrogens (primary N) is 1. The molecule has 3 N–H and O–H groups in total. The summed E-state index contributed by atoms with van der Waals surface area (Å²) in [5.41, 5.74) is 5.36. The fraction of sp³-hybridized carbons (Fsp3) is 0.593. The van der Waals surface area contributed by atoms with Gasteiger partial charge in [-0.05, 0) is 109 Å². The molecule has 0 amide bonds. The Morgan fingerprint density at radius 2 is 0.754 bits per heavy atom. The Morgan fingerprint density at radius 1 is 0.435 bits per heavy atom. The molecule has 0 fully saturated rings. The van der Waals surface area contributed by atoms with Crippen LogP contribution in [0.2, 0.25) is 0 Å². The maximum absolute atomic E-state index is 12.7. The first kappa shape index (κ1) is 65.1. The Bertz CT molecular complexity index is 1580. The third-order valence-corrected chi connectivity index (χ3v) is 11.5. The van der Waals surface area contributed by atoms with E-state index in [-0.39, 0.29) is 32.6 Å². The second kappa shape index (κ2) is 53.5. The molecule has 0 spiro atoms. The van der Waals surface area contributed by atoms with Crippen LogP contribution >= 0.6 is 7.82 Å². The van der Waals surface area contributed by atoms with E-state index in [2.05, 4.69) is 148 Å². The SMILES string of the molecule is CC/C=C\C/C=C\C/C=C\C/C=C\C/C=C\C/C=C\C/C=C\CCCCCCCCCCCCCC(=O)OC(COC(=O)CCCC/C=C\C/C=C\C/C=C\C/C=C\CC)COP(=O)(O)OCCN. The Labute approximate surface area is 421 Å². The average molecular weight is 978 g/mol. The van der Waals surface area contributed by atoms with Gasteiger partial charge in [0, 0.05) is 19.4 Å². The summed E-state index contributed by atoms with van der Waals surface area (Å²) in [5.74, 6) is -0.891. The lowest BCUT2D eigenvalue weighted by molar-refractivity contribution is -0.161. The molecule has 10 heteroatoms.